The van der Waals surface area contributed by atoms with Crippen LogP contribution in [0.4, 0.5) is 5.69 Å². The lowest BCUT2D eigenvalue weighted by Crippen LogP contribution is -2.13. The minimum Gasteiger partial charge on any atom is -0.497 e. The number of ketones is 1. The summed E-state index contributed by atoms with van der Waals surface area (Å²) in [5, 5.41) is 2.71. The van der Waals surface area contributed by atoms with Crippen LogP contribution in [0.1, 0.15) is 23.2 Å². The fourth-order valence-corrected chi connectivity index (χ4v) is 2.60. The number of benzene rings is 2. The van der Waals surface area contributed by atoms with Crippen molar-refractivity contribution in [2.24, 2.45) is 7.05 Å². The Balaban J connectivity index is 1.62. The first-order chi connectivity index (χ1) is 12.5. The summed E-state index contributed by atoms with van der Waals surface area (Å²) in [6.07, 6.45) is 0.133. The lowest BCUT2D eigenvalue weighted by Gasteiger charge is -2.06. The number of hydrogen-bond acceptors (Lipinski definition) is 5. The van der Waals surface area contributed by atoms with Gasteiger partial charge in [-0.15, -0.1) is 0 Å². The number of fused-ring (bicyclic) bond motifs is 1. The van der Waals surface area contributed by atoms with Crippen molar-refractivity contribution in [1.29, 1.82) is 0 Å². The molecular weight excluding hydrogens is 336 g/mol. The number of Topliss-reactive ketones (excluding diaryl/α,β-unsaturated/α-hetero) is 1. The third kappa shape index (κ3) is 3.66. The van der Waals surface area contributed by atoms with Gasteiger partial charge in [0.25, 0.3) is 0 Å². The molecule has 0 aliphatic carbocycles. The Bertz CT molecular complexity index is 1030. The number of amides is 1. The summed E-state index contributed by atoms with van der Waals surface area (Å²) >= 11 is 0. The van der Waals surface area contributed by atoms with Gasteiger partial charge in [0.05, 0.1) is 12.6 Å². The summed E-state index contributed by atoms with van der Waals surface area (Å²) in [5.41, 5.74) is 2.04. The molecule has 0 atom stereocenters. The molecule has 0 saturated heterocycles. The highest BCUT2D eigenvalue weighted by atomic mass is 16.5. The zero-order chi connectivity index (χ0) is 18.7. The van der Waals surface area contributed by atoms with Crippen molar-refractivity contribution in [1.82, 2.24) is 4.57 Å². The van der Waals surface area contributed by atoms with Crippen LogP contribution in [-0.2, 0) is 11.8 Å². The van der Waals surface area contributed by atoms with Crippen molar-refractivity contribution >= 4 is 28.5 Å². The normalized spacial score (nSPS) is 10.7. The molecule has 0 aliphatic heterocycles. The molecule has 1 amide bonds. The van der Waals surface area contributed by atoms with Crippen LogP contribution in [0.5, 0.6) is 5.75 Å². The minimum atomic E-state index is -0.465. The second-order valence-corrected chi connectivity index (χ2v) is 5.81. The highest BCUT2D eigenvalue weighted by Crippen LogP contribution is 2.19. The summed E-state index contributed by atoms with van der Waals surface area (Å²) in [6, 6.07) is 11.8. The summed E-state index contributed by atoms with van der Waals surface area (Å²) in [7, 11) is 3.14. The van der Waals surface area contributed by atoms with Gasteiger partial charge in [-0.2, -0.15) is 0 Å². The number of carbonyl (C=O) groups excluding carboxylic acids is 2. The van der Waals surface area contributed by atoms with Crippen LogP contribution in [0.25, 0.3) is 11.1 Å². The predicted octanol–water partition coefficient (Wildman–Crippen LogP) is 2.74. The quantitative estimate of drug-likeness (QED) is 0.688. The van der Waals surface area contributed by atoms with Gasteiger partial charge in [0.1, 0.15) is 5.75 Å². The van der Waals surface area contributed by atoms with Crippen molar-refractivity contribution in [3.8, 4) is 5.75 Å². The molecule has 0 radical (unpaired) electrons. The molecule has 0 bridgehead atoms. The molecule has 26 heavy (non-hydrogen) atoms. The molecule has 3 rings (SSSR count). The summed E-state index contributed by atoms with van der Waals surface area (Å²) in [6.45, 7) is 0. The van der Waals surface area contributed by atoms with Gasteiger partial charge < -0.3 is 14.5 Å². The Hall–Kier alpha value is -3.35. The van der Waals surface area contributed by atoms with Crippen molar-refractivity contribution in [2.75, 3.05) is 12.4 Å². The number of aryl methyl sites for hydroxylation is 1. The molecule has 1 aromatic heterocycles. The smallest absolute Gasteiger partial charge is 0.419 e. The van der Waals surface area contributed by atoms with E-state index in [1.165, 1.54) is 11.7 Å². The van der Waals surface area contributed by atoms with Crippen LogP contribution in [-0.4, -0.2) is 23.4 Å². The highest BCUT2D eigenvalue weighted by Gasteiger charge is 2.12. The van der Waals surface area contributed by atoms with Crippen molar-refractivity contribution in [2.45, 2.75) is 12.8 Å². The third-order valence-electron chi connectivity index (χ3n) is 4.05. The molecule has 0 saturated carbocycles. The SMILES string of the molecule is COc1cccc(C(=O)CCC(=O)Nc2ccc3c(c2)oc(=O)n3C)c1. The summed E-state index contributed by atoms with van der Waals surface area (Å²) in [4.78, 5) is 35.8. The van der Waals surface area contributed by atoms with Gasteiger partial charge in [0.2, 0.25) is 5.91 Å². The first-order valence-corrected chi connectivity index (χ1v) is 8.04. The average Bonchev–Trinajstić information content (AvgIpc) is 2.93. The highest BCUT2D eigenvalue weighted by molar-refractivity contribution is 6.00. The van der Waals surface area contributed by atoms with E-state index in [2.05, 4.69) is 5.32 Å². The lowest BCUT2D eigenvalue weighted by atomic mass is 10.1. The van der Waals surface area contributed by atoms with E-state index in [1.54, 1.807) is 49.5 Å². The van der Waals surface area contributed by atoms with Gasteiger partial charge in [-0.1, -0.05) is 12.1 Å². The lowest BCUT2D eigenvalue weighted by molar-refractivity contribution is -0.116. The van der Waals surface area contributed by atoms with Gasteiger partial charge in [0.15, 0.2) is 11.4 Å². The zero-order valence-electron chi connectivity index (χ0n) is 14.4. The van der Waals surface area contributed by atoms with Gasteiger partial charge in [-0.05, 0) is 24.3 Å². The number of ether oxygens (including phenoxy) is 1. The van der Waals surface area contributed by atoms with E-state index in [0.717, 1.165) is 0 Å². The molecule has 7 heteroatoms. The number of hydrogen-bond donors (Lipinski definition) is 1. The number of nitrogens with one attached hydrogen (secondary N) is 1. The molecular formula is C19H18N2O5. The van der Waals surface area contributed by atoms with Crippen LogP contribution in [0.15, 0.2) is 51.7 Å². The zero-order valence-corrected chi connectivity index (χ0v) is 14.4. The number of nitrogens with zero attached hydrogens (tertiary/aromatic N) is 1. The standard InChI is InChI=1S/C19H18N2O5/c1-21-15-7-6-13(11-17(15)26-19(21)24)20-18(23)9-8-16(22)12-4-3-5-14(10-12)25-2/h3-7,10-11H,8-9H2,1-2H3,(H,20,23). The number of carbonyl (C=O) groups is 2. The fourth-order valence-electron chi connectivity index (χ4n) is 2.60. The molecule has 7 nitrogen and oxygen atoms in total. The summed E-state index contributed by atoms with van der Waals surface area (Å²) < 4.78 is 11.6. The van der Waals surface area contributed by atoms with Gasteiger partial charge in [-0.3, -0.25) is 14.2 Å². The van der Waals surface area contributed by atoms with Gasteiger partial charge in [0, 0.05) is 37.2 Å². The fraction of sp³-hybridized carbons (Fsp3) is 0.211. The largest absolute Gasteiger partial charge is 0.497 e. The Morgan fingerprint density at radius 1 is 1.15 bits per heavy atom. The van der Waals surface area contributed by atoms with E-state index < -0.39 is 5.76 Å². The summed E-state index contributed by atoms with van der Waals surface area (Å²) in [5.74, 6) is -0.298. The van der Waals surface area contributed by atoms with Crippen molar-refractivity contribution < 1.29 is 18.7 Å². The maximum atomic E-state index is 12.2. The van der Waals surface area contributed by atoms with Gasteiger partial charge >= 0.3 is 5.76 Å². The molecule has 1 N–H and O–H groups in total. The number of methoxy groups -OCH3 is 1. The number of anilines is 1. The maximum absolute atomic E-state index is 12.2. The van der Waals surface area contributed by atoms with E-state index >= 15 is 0 Å². The second kappa shape index (κ2) is 7.26. The predicted molar refractivity (Wildman–Crippen MR) is 96.6 cm³/mol. The van der Waals surface area contributed by atoms with Crippen LogP contribution in [0, 0.1) is 0 Å². The number of oxazole rings is 1. The molecule has 1 heterocycles. The average molecular weight is 354 g/mol. The Morgan fingerprint density at radius 2 is 1.96 bits per heavy atom. The van der Waals surface area contributed by atoms with Crippen LogP contribution >= 0.6 is 0 Å². The maximum Gasteiger partial charge on any atom is 0.419 e. The minimum absolute atomic E-state index is 0.0484. The monoisotopic (exact) mass is 354 g/mol. The van der Waals surface area contributed by atoms with Crippen LogP contribution < -0.4 is 15.8 Å². The van der Waals surface area contributed by atoms with E-state index in [9.17, 15) is 14.4 Å². The molecule has 0 fully saturated rings. The number of rotatable bonds is 6. The first-order valence-electron chi connectivity index (χ1n) is 8.04. The topological polar surface area (TPSA) is 90.5 Å². The number of aromatic nitrogens is 1. The third-order valence-corrected chi connectivity index (χ3v) is 4.05. The van der Waals surface area contributed by atoms with Crippen LogP contribution in [0.3, 0.4) is 0 Å². The molecule has 3 aromatic rings. The molecule has 0 unspecified atom stereocenters. The van der Waals surface area contributed by atoms with Crippen molar-refractivity contribution in [3.63, 3.8) is 0 Å². The molecule has 0 spiro atoms. The Labute approximate surface area is 149 Å². The Morgan fingerprint density at radius 3 is 2.73 bits per heavy atom. The van der Waals surface area contributed by atoms with E-state index in [0.29, 0.717) is 28.1 Å². The van der Waals surface area contributed by atoms with Crippen LogP contribution in [0.2, 0.25) is 0 Å². The van der Waals surface area contributed by atoms with Gasteiger partial charge in [-0.25, -0.2) is 4.79 Å². The van der Waals surface area contributed by atoms with E-state index in [4.69, 9.17) is 9.15 Å². The van der Waals surface area contributed by atoms with Crippen molar-refractivity contribution in [3.05, 3.63) is 58.6 Å². The second-order valence-electron chi connectivity index (χ2n) is 5.81. The van der Waals surface area contributed by atoms with E-state index in [1.807, 2.05) is 0 Å². The molecule has 0 aliphatic rings. The Kier molecular flexibility index (Phi) is 4.88. The first kappa shape index (κ1) is 17.5. The molecule has 134 valence electrons. The van der Waals surface area contributed by atoms with E-state index in [-0.39, 0.29) is 24.5 Å². The molecule has 2 aromatic carbocycles.